The number of H-pyrrole nitrogens is 1. The number of halogens is 1. The Kier molecular flexibility index (Phi) is 5.91. The second-order valence-electron chi connectivity index (χ2n) is 9.16. The highest BCUT2D eigenvalue weighted by atomic mass is 79.9. The Morgan fingerprint density at radius 3 is 2.62 bits per heavy atom. The maximum atomic E-state index is 13.9. The SMILES string of the molecule is COc1ccc(C2C(C(=O)c3cc4cc(Br)ccc4o3)=C(O)C(=O)N2c2nc3ccc(C)cc3[nH]2)cc1OC. The van der Waals surface area contributed by atoms with Crippen LogP contribution < -0.4 is 14.4 Å². The van der Waals surface area contributed by atoms with Crippen LogP contribution in [-0.4, -0.2) is 41.0 Å². The number of anilines is 1. The number of furan rings is 1. The van der Waals surface area contributed by atoms with Gasteiger partial charge in [-0.05, 0) is 66.6 Å². The monoisotopic (exact) mass is 587 g/mol. The molecule has 6 rings (SSSR count). The predicted molar refractivity (Wildman–Crippen MR) is 149 cm³/mol. The first kappa shape index (κ1) is 24.7. The average molecular weight is 588 g/mol. The topological polar surface area (TPSA) is 118 Å². The number of rotatable bonds is 6. The normalized spacial score (nSPS) is 15.5. The summed E-state index contributed by atoms with van der Waals surface area (Å²) in [6.07, 6.45) is 0. The number of aliphatic hydroxyl groups is 1. The second-order valence-corrected chi connectivity index (χ2v) is 10.1. The fourth-order valence-corrected chi connectivity index (χ4v) is 5.26. The van der Waals surface area contributed by atoms with Gasteiger partial charge in [-0.1, -0.05) is 28.1 Å². The Bertz CT molecular complexity index is 1840. The van der Waals surface area contributed by atoms with Crippen LogP contribution in [-0.2, 0) is 4.79 Å². The summed E-state index contributed by atoms with van der Waals surface area (Å²) >= 11 is 3.42. The lowest BCUT2D eigenvalue weighted by Gasteiger charge is -2.25. The van der Waals surface area contributed by atoms with Crippen molar-refractivity contribution < 1.29 is 28.6 Å². The minimum atomic E-state index is -1.04. The predicted octanol–water partition coefficient (Wildman–Crippen LogP) is 6.18. The number of imidazole rings is 1. The summed E-state index contributed by atoms with van der Waals surface area (Å²) in [5.41, 5.74) is 3.22. The van der Waals surface area contributed by atoms with Crippen molar-refractivity contribution in [1.29, 1.82) is 0 Å². The zero-order valence-electron chi connectivity index (χ0n) is 21.1. The highest BCUT2D eigenvalue weighted by Gasteiger charge is 2.47. The maximum Gasteiger partial charge on any atom is 0.296 e. The number of carbonyl (C=O) groups excluding carboxylic acids is 2. The summed E-state index contributed by atoms with van der Waals surface area (Å²) in [7, 11) is 3.01. The van der Waals surface area contributed by atoms with Crippen LogP contribution in [0.5, 0.6) is 11.5 Å². The van der Waals surface area contributed by atoms with Crippen LogP contribution in [0.2, 0.25) is 0 Å². The van der Waals surface area contributed by atoms with Crippen molar-refractivity contribution >= 4 is 55.6 Å². The molecule has 0 aliphatic carbocycles. The number of aliphatic hydroxyl groups excluding tert-OH is 1. The lowest BCUT2D eigenvalue weighted by Crippen LogP contribution is -2.32. The van der Waals surface area contributed by atoms with Crippen LogP contribution in [0, 0.1) is 6.92 Å². The van der Waals surface area contributed by atoms with Gasteiger partial charge in [0.15, 0.2) is 23.0 Å². The number of ether oxygens (including phenoxy) is 2. The van der Waals surface area contributed by atoms with Crippen LogP contribution in [0.25, 0.3) is 22.0 Å². The van der Waals surface area contributed by atoms with Crippen LogP contribution in [0.3, 0.4) is 0 Å². The summed E-state index contributed by atoms with van der Waals surface area (Å²) in [5.74, 6) is -1.03. The molecule has 1 unspecified atom stereocenters. The Hall–Kier alpha value is -4.57. The third-order valence-electron chi connectivity index (χ3n) is 6.73. The number of methoxy groups -OCH3 is 2. The van der Waals surface area contributed by atoms with Gasteiger partial charge in [0.25, 0.3) is 5.91 Å². The molecule has 0 saturated carbocycles. The first-order chi connectivity index (χ1) is 18.8. The molecule has 0 bridgehead atoms. The Morgan fingerprint density at radius 1 is 1.05 bits per heavy atom. The Labute approximate surface area is 230 Å². The minimum Gasteiger partial charge on any atom is -0.503 e. The first-order valence-electron chi connectivity index (χ1n) is 12.0. The van der Waals surface area contributed by atoms with E-state index in [1.807, 2.05) is 31.2 Å². The van der Waals surface area contributed by atoms with Crippen molar-refractivity contribution in [2.45, 2.75) is 13.0 Å². The largest absolute Gasteiger partial charge is 0.503 e. The number of nitrogens with zero attached hydrogens (tertiary/aromatic N) is 2. The first-order valence-corrected chi connectivity index (χ1v) is 12.8. The average Bonchev–Trinajstić information content (AvgIpc) is 3.61. The summed E-state index contributed by atoms with van der Waals surface area (Å²) < 4.78 is 17.5. The van der Waals surface area contributed by atoms with E-state index in [0.717, 1.165) is 10.0 Å². The standard InChI is InChI=1S/C29H22BrN3O6/c1-14-4-7-18-19(10-14)32-29(31-18)33-25(15-5-8-21(37-2)22(12-15)38-3)24(27(35)28(33)36)26(34)23-13-16-11-17(30)6-9-20(16)39-23/h4-13,25,35H,1-3H3,(H,31,32). The zero-order valence-corrected chi connectivity index (χ0v) is 22.7. The van der Waals surface area contributed by atoms with Gasteiger partial charge in [-0.25, -0.2) is 4.98 Å². The fraction of sp³-hybridized carbons (Fsp3) is 0.138. The number of nitrogens with one attached hydrogen (secondary N) is 1. The molecule has 0 radical (unpaired) electrons. The molecule has 2 N–H and O–H groups in total. The van der Waals surface area contributed by atoms with Gasteiger partial charge >= 0.3 is 0 Å². The van der Waals surface area contributed by atoms with Gasteiger partial charge in [0.2, 0.25) is 11.7 Å². The van der Waals surface area contributed by atoms with Crippen molar-refractivity contribution in [3.63, 3.8) is 0 Å². The van der Waals surface area contributed by atoms with E-state index in [2.05, 4.69) is 25.9 Å². The van der Waals surface area contributed by atoms with E-state index in [1.165, 1.54) is 19.1 Å². The van der Waals surface area contributed by atoms with Gasteiger partial charge in [0.05, 0.1) is 36.9 Å². The molecule has 9 nitrogen and oxygen atoms in total. The van der Waals surface area contributed by atoms with E-state index in [4.69, 9.17) is 13.9 Å². The molecular weight excluding hydrogens is 566 g/mol. The lowest BCUT2D eigenvalue weighted by atomic mass is 9.94. The van der Waals surface area contributed by atoms with E-state index in [0.29, 0.717) is 39.1 Å². The number of amides is 1. The number of aromatic nitrogens is 2. The number of aromatic amines is 1. The Balaban J connectivity index is 1.53. The van der Waals surface area contributed by atoms with Crippen LogP contribution >= 0.6 is 15.9 Å². The van der Waals surface area contributed by atoms with Gasteiger partial charge in [0, 0.05) is 9.86 Å². The number of carbonyl (C=O) groups is 2. The van der Waals surface area contributed by atoms with Crippen molar-refractivity contribution in [3.05, 3.63) is 93.4 Å². The molecule has 5 aromatic rings. The molecule has 3 aromatic carbocycles. The number of hydrogen-bond acceptors (Lipinski definition) is 7. The highest BCUT2D eigenvalue weighted by molar-refractivity contribution is 9.10. The zero-order chi connectivity index (χ0) is 27.4. The fourth-order valence-electron chi connectivity index (χ4n) is 4.88. The van der Waals surface area contributed by atoms with E-state index in [-0.39, 0.29) is 17.3 Å². The smallest absolute Gasteiger partial charge is 0.296 e. The van der Waals surface area contributed by atoms with Crippen LogP contribution in [0.15, 0.2) is 80.9 Å². The number of benzene rings is 3. The van der Waals surface area contributed by atoms with Crippen LogP contribution in [0.4, 0.5) is 5.95 Å². The van der Waals surface area contributed by atoms with E-state index < -0.39 is 23.5 Å². The molecule has 2 aromatic heterocycles. The van der Waals surface area contributed by atoms with Crippen molar-refractivity contribution in [3.8, 4) is 11.5 Å². The van der Waals surface area contributed by atoms with E-state index in [9.17, 15) is 14.7 Å². The molecule has 1 aliphatic rings. The third-order valence-corrected chi connectivity index (χ3v) is 7.22. The highest BCUT2D eigenvalue weighted by Crippen LogP contribution is 2.44. The van der Waals surface area contributed by atoms with Crippen molar-refractivity contribution in [1.82, 2.24) is 9.97 Å². The molecule has 3 heterocycles. The molecule has 0 fully saturated rings. The van der Waals surface area contributed by atoms with Crippen molar-refractivity contribution in [2.24, 2.45) is 0 Å². The number of ketones is 1. The van der Waals surface area contributed by atoms with Gasteiger partial charge < -0.3 is 24.0 Å². The third kappa shape index (κ3) is 4.04. The lowest BCUT2D eigenvalue weighted by molar-refractivity contribution is -0.117. The molecule has 10 heteroatoms. The Morgan fingerprint density at radius 2 is 1.85 bits per heavy atom. The van der Waals surface area contributed by atoms with Crippen LogP contribution in [0.1, 0.15) is 27.7 Å². The summed E-state index contributed by atoms with van der Waals surface area (Å²) in [6, 6.07) is 16.6. The number of fused-ring (bicyclic) bond motifs is 2. The minimum absolute atomic E-state index is 0.00925. The number of aryl methyl sites for hydroxylation is 1. The molecule has 1 atom stereocenters. The summed E-state index contributed by atoms with van der Waals surface area (Å²) in [4.78, 5) is 36.6. The quantitative estimate of drug-likeness (QED) is 0.228. The maximum absolute atomic E-state index is 13.9. The van der Waals surface area contributed by atoms with E-state index >= 15 is 0 Å². The summed E-state index contributed by atoms with van der Waals surface area (Å²) in [6.45, 7) is 1.95. The number of Topliss-reactive ketones (excluding diaryl/α,β-unsaturated/α-hetero) is 1. The van der Waals surface area contributed by atoms with Gasteiger partial charge in [-0.3, -0.25) is 14.5 Å². The van der Waals surface area contributed by atoms with E-state index in [1.54, 1.807) is 36.4 Å². The van der Waals surface area contributed by atoms with Gasteiger partial charge in [-0.2, -0.15) is 0 Å². The van der Waals surface area contributed by atoms with Gasteiger partial charge in [-0.15, -0.1) is 0 Å². The molecule has 0 saturated heterocycles. The molecule has 39 heavy (non-hydrogen) atoms. The molecule has 0 spiro atoms. The number of hydrogen-bond donors (Lipinski definition) is 2. The van der Waals surface area contributed by atoms with Crippen molar-refractivity contribution in [2.75, 3.05) is 19.1 Å². The molecule has 196 valence electrons. The molecule has 1 amide bonds. The summed E-state index contributed by atoms with van der Waals surface area (Å²) in [5, 5.41) is 11.8. The van der Waals surface area contributed by atoms with Gasteiger partial charge in [0.1, 0.15) is 5.58 Å². The second kappa shape index (κ2) is 9.32. The molecule has 1 aliphatic heterocycles. The molecular formula is C29H22BrN3O6.